The largest absolute Gasteiger partial charge is 0.508 e. The Balaban J connectivity index is 0.862. The molecule has 2 heterocycles. The van der Waals surface area contributed by atoms with Gasteiger partial charge in [-0.2, -0.15) is 0 Å². The molecule has 4 amide bonds. The van der Waals surface area contributed by atoms with Gasteiger partial charge >= 0.3 is 0 Å². The van der Waals surface area contributed by atoms with Crippen molar-refractivity contribution >= 4 is 44.8 Å². The summed E-state index contributed by atoms with van der Waals surface area (Å²) < 4.78 is 25.8. The number of amides is 4. The van der Waals surface area contributed by atoms with Gasteiger partial charge < -0.3 is 40.6 Å². The Morgan fingerprint density at radius 1 is 0.814 bits per heavy atom. The quantitative estimate of drug-likeness (QED) is 0.0914. The SMILES string of the molecule is Cn1cc(NC(=O)c2cc(NC(=O)CCS(C)(=O)=O)cn2C)cc1C(=O)NCCCC(=O)NCCCCCC[C@@H]1Cc2cc(O)ccc2[C@H]2CC[C@]3(C)[C@@H](O)CC[C@H]3[C@H]12. The number of anilines is 2. The van der Waals surface area contributed by atoms with E-state index in [-0.39, 0.29) is 41.2 Å². The molecule has 322 valence electrons. The molecule has 2 aromatic heterocycles. The highest BCUT2D eigenvalue weighted by molar-refractivity contribution is 7.90. The summed E-state index contributed by atoms with van der Waals surface area (Å²) in [6, 6.07) is 8.99. The molecule has 6 atom stereocenters. The van der Waals surface area contributed by atoms with Gasteiger partial charge in [0.2, 0.25) is 11.8 Å². The van der Waals surface area contributed by atoms with Crippen LogP contribution in [-0.4, -0.2) is 82.6 Å². The van der Waals surface area contributed by atoms with Crippen LogP contribution in [0.3, 0.4) is 0 Å². The van der Waals surface area contributed by atoms with Gasteiger partial charge in [-0.15, -0.1) is 0 Å². The van der Waals surface area contributed by atoms with Gasteiger partial charge in [-0.25, -0.2) is 8.42 Å². The van der Waals surface area contributed by atoms with E-state index in [1.54, 1.807) is 37.1 Å². The fourth-order valence-corrected chi connectivity index (χ4v) is 10.7. The number of hydrogen-bond donors (Lipinski definition) is 6. The van der Waals surface area contributed by atoms with E-state index in [1.165, 1.54) is 21.8 Å². The van der Waals surface area contributed by atoms with Gasteiger partial charge in [-0.3, -0.25) is 19.2 Å². The van der Waals surface area contributed by atoms with Gasteiger partial charge in [-0.05, 0) is 116 Å². The molecule has 2 saturated carbocycles. The van der Waals surface area contributed by atoms with Crippen LogP contribution in [-0.2, 0) is 39.9 Å². The Bertz CT molecular complexity index is 2130. The van der Waals surface area contributed by atoms with Crippen LogP contribution in [0.1, 0.15) is 122 Å². The molecule has 6 N–H and O–H groups in total. The van der Waals surface area contributed by atoms with Crippen molar-refractivity contribution in [3.63, 3.8) is 0 Å². The molecule has 3 aromatic rings. The standard InChI is InChI=1S/C44H62N6O8S/c1-44-18-16-34-33-13-12-32(51)23-29(33)22-28(41(34)35(44)14-15-38(44)52)10-7-5-6-8-19-45-39(53)11-9-20-46-42(55)36-25-31(27-49(36)2)48-43(56)37-24-30(26-50(37)3)47-40(54)17-21-59(4,57)58/h12-13,23-28,34-35,38,41,51-52H,5-11,14-22H2,1-4H3,(H,45,53)(H,46,55)(H,47,54)(H,48,56)/t28-,34-,35+,38+,41-,44+/m1/s1. The van der Waals surface area contributed by atoms with E-state index >= 15 is 0 Å². The minimum absolute atomic E-state index is 0.0120. The number of phenols is 1. The molecule has 0 unspecified atom stereocenters. The first-order chi connectivity index (χ1) is 28.0. The van der Waals surface area contributed by atoms with Crippen LogP contribution in [0.5, 0.6) is 5.75 Å². The summed E-state index contributed by atoms with van der Waals surface area (Å²) in [4.78, 5) is 50.6. The molecule has 0 bridgehead atoms. The summed E-state index contributed by atoms with van der Waals surface area (Å²) in [6.45, 7) is 3.25. The van der Waals surface area contributed by atoms with Gasteiger partial charge in [0, 0.05) is 58.7 Å². The highest BCUT2D eigenvalue weighted by Gasteiger charge is 2.56. The van der Waals surface area contributed by atoms with Crippen molar-refractivity contribution in [3.05, 3.63) is 65.2 Å². The fourth-order valence-electron chi connectivity index (χ4n) is 10.2. The first kappa shape index (κ1) is 43.9. The van der Waals surface area contributed by atoms with Crippen molar-refractivity contribution in [2.75, 3.05) is 35.7 Å². The maximum absolute atomic E-state index is 13.0. The van der Waals surface area contributed by atoms with Crippen LogP contribution in [0.15, 0.2) is 42.7 Å². The van der Waals surface area contributed by atoms with Crippen LogP contribution in [0.2, 0.25) is 0 Å². The second-order valence-electron chi connectivity index (χ2n) is 17.5. The molecule has 0 spiro atoms. The number of carbonyl (C=O) groups is 4. The third-order valence-corrected chi connectivity index (χ3v) is 14.2. The molecule has 3 aliphatic rings. The van der Waals surface area contributed by atoms with Crippen molar-refractivity contribution in [2.45, 2.75) is 102 Å². The highest BCUT2D eigenvalue weighted by atomic mass is 32.2. The molecule has 6 rings (SSSR count). The monoisotopic (exact) mass is 834 g/mol. The number of aryl methyl sites for hydroxylation is 2. The number of carbonyl (C=O) groups excluding carboxylic acids is 4. The predicted molar refractivity (Wildman–Crippen MR) is 227 cm³/mol. The topological polar surface area (TPSA) is 201 Å². The maximum atomic E-state index is 13.0. The normalized spacial score (nSPS) is 23.4. The Morgan fingerprint density at radius 2 is 1.49 bits per heavy atom. The fraction of sp³-hybridized carbons (Fsp3) is 0.591. The average Bonchev–Trinajstić information content (AvgIpc) is 3.83. The summed E-state index contributed by atoms with van der Waals surface area (Å²) in [7, 11) is 0.0435. The molecule has 15 heteroatoms. The minimum atomic E-state index is -3.29. The molecule has 3 aliphatic carbocycles. The minimum Gasteiger partial charge on any atom is -0.508 e. The number of aromatic nitrogens is 2. The Hall–Kier alpha value is -4.63. The predicted octanol–water partition coefficient (Wildman–Crippen LogP) is 5.41. The van der Waals surface area contributed by atoms with Gasteiger partial charge in [0.15, 0.2) is 0 Å². The number of nitrogens with one attached hydrogen (secondary N) is 4. The van der Waals surface area contributed by atoms with Crippen LogP contribution in [0.25, 0.3) is 0 Å². The van der Waals surface area contributed by atoms with E-state index in [4.69, 9.17) is 0 Å². The zero-order valence-corrected chi connectivity index (χ0v) is 35.7. The zero-order valence-electron chi connectivity index (χ0n) is 34.9. The molecule has 0 aliphatic heterocycles. The van der Waals surface area contributed by atoms with Crippen molar-refractivity contribution in [2.24, 2.45) is 37.3 Å². The third kappa shape index (κ3) is 10.8. The number of sulfone groups is 1. The molecule has 0 radical (unpaired) electrons. The lowest BCUT2D eigenvalue weighted by Crippen LogP contribution is -2.47. The lowest BCUT2D eigenvalue weighted by molar-refractivity contribution is -0.121. The summed E-state index contributed by atoms with van der Waals surface area (Å²) in [5, 5.41) is 32.4. The van der Waals surface area contributed by atoms with E-state index in [2.05, 4.69) is 34.3 Å². The molecule has 1 aromatic carbocycles. The van der Waals surface area contributed by atoms with Crippen LogP contribution >= 0.6 is 0 Å². The molecular formula is C44H62N6O8S. The number of nitrogens with zero attached hydrogens (tertiary/aromatic N) is 2. The first-order valence-corrected chi connectivity index (χ1v) is 23.2. The van der Waals surface area contributed by atoms with E-state index in [0.29, 0.717) is 72.4 Å². The zero-order chi connectivity index (χ0) is 42.5. The summed E-state index contributed by atoms with van der Waals surface area (Å²) in [5.41, 5.74) is 4.06. The number of unbranched alkanes of at least 4 members (excludes halogenated alkanes) is 3. The molecular weight excluding hydrogens is 773 g/mol. The number of phenolic OH excluding ortho intramolecular Hbond substituents is 1. The number of aliphatic hydroxyl groups is 1. The lowest BCUT2D eigenvalue weighted by Gasteiger charge is -2.53. The number of rotatable bonds is 18. The Kier molecular flexibility index (Phi) is 14.0. The molecule has 0 saturated heterocycles. The Morgan fingerprint density at radius 3 is 2.22 bits per heavy atom. The van der Waals surface area contributed by atoms with Gasteiger partial charge in [0.25, 0.3) is 11.8 Å². The second-order valence-corrected chi connectivity index (χ2v) is 19.8. The number of aliphatic hydroxyl groups excluding tert-OH is 1. The van der Waals surface area contributed by atoms with E-state index in [9.17, 15) is 37.8 Å². The summed E-state index contributed by atoms with van der Waals surface area (Å²) in [6.07, 6.45) is 15.1. The van der Waals surface area contributed by atoms with Gasteiger partial charge in [-0.1, -0.05) is 32.3 Å². The first-order valence-electron chi connectivity index (χ1n) is 21.2. The second kappa shape index (κ2) is 18.7. The number of benzene rings is 1. The van der Waals surface area contributed by atoms with E-state index in [1.807, 2.05) is 12.1 Å². The van der Waals surface area contributed by atoms with Crippen LogP contribution < -0.4 is 21.3 Å². The number of aromatic hydroxyl groups is 1. The average molecular weight is 835 g/mol. The van der Waals surface area contributed by atoms with Gasteiger partial charge in [0.1, 0.15) is 27.0 Å². The lowest BCUT2D eigenvalue weighted by atomic mass is 9.52. The van der Waals surface area contributed by atoms with Crippen molar-refractivity contribution in [3.8, 4) is 5.75 Å². The van der Waals surface area contributed by atoms with E-state index < -0.39 is 21.7 Å². The third-order valence-electron chi connectivity index (χ3n) is 13.2. The van der Waals surface area contributed by atoms with Gasteiger partial charge in [0.05, 0.1) is 23.2 Å². The maximum Gasteiger partial charge on any atom is 0.272 e. The number of fused-ring (bicyclic) bond motifs is 5. The van der Waals surface area contributed by atoms with Crippen LogP contribution in [0.4, 0.5) is 11.4 Å². The van der Waals surface area contributed by atoms with Crippen LogP contribution in [0, 0.1) is 23.2 Å². The Labute approximate surface area is 347 Å². The molecule has 59 heavy (non-hydrogen) atoms. The summed E-state index contributed by atoms with van der Waals surface area (Å²) >= 11 is 0. The smallest absolute Gasteiger partial charge is 0.272 e. The highest BCUT2D eigenvalue weighted by Crippen LogP contribution is 2.62. The number of hydrogen-bond acceptors (Lipinski definition) is 8. The molecule has 2 fully saturated rings. The van der Waals surface area contributed by atoms with Crippen molar-refractivity contribution < 1.29 is 37.8 Å². The molecule has 14 nitrogen and oxygen atoms in total. The summed E-state index contributed by atoms with van der Waals surface area (Å²) in [5.74, 6) is 0.920. The van der Waals surface area contributed by atoms with Crippen molar-refractivity contribution in [1.82, 2.24) is 19.8 Å². The van der Waals surface area contributed by atoms with Crippen molar-refractivity contribution in [1.29, 1.82) is 0 Å². The van der Waals surface area contributed by atoms with E-state index in [0.717, 1.165) is 70.5 Å².